The summed E-state index contributed by atoms with van der Waals surface area (Å²) in [4.78, 5) is 1.42. The smallest absolute Gasteiger partial charge is 0.0302 e. The third-order valence-electron chi connectivity index (χ3n) is 1.82. The van der Waals surface area contributed by atoms with E-state index in [1.807, 2.05) is 11.3 Å². The van der Waals surface area contributed by atoms with E-state index >= 15 is 0 Å². The van der Waals surface area contributed by atoms with Gasteiger partial charge < -0.3 is 5.32 Å². The van der Waals surface area contributed by atoms with Crippen molar-refractivity contribution in [2.45, 2.75) is 32.9 Å². The maximum absolute atomic E-state index is 3.45. The first kappa shape index (κ1) is 8.75. The molecule has 0 saturated heterocycles. The summed E-state index contributed by atoms with van der Waals surface area (Å²) in [5.41, 5.74) is 0. The maximum atomic E-state index is 3.45. The van der Waals surface area contributed by atoms with Crippen molar-refractivity contribution in [2.24, 2.45) is 0 Å². The molecule has 0 aliphatic rings. The monoisotopic (exact) mass is 169 g/mol. The molecule has 0 bridgehead atoms. The second kappa shape index (κ2) is 4.52. The van der Waals surface area contributed by atoms with Crippen LogP contribution in [0.25, 0.3) is 0 Å². The zero-order valence-corrected chi connectivity index (χ0v) is 7.95. The van der Waals surface area contributed by atoms with Crippen LogP contribution in [-0.4, -0.2) is 6.04 Å². The van der Waals surface area contributed by atoms with E-state index in [9.17, 15) is 0 Å². The van der Waals surface area contributed by atoms with Gasteiger partial charge in [0.25, 0.3) is 0 Å². The second-order valence-electron chi connectivity index (χ2n) is 2.77. The number of rotatable bonds is 4. The molecule has 62 valence electrons. The summed E-state index contributed by atoms with van der Waals surface area (Å²) < 4.78 is 0. The van der Waals surface area contributed by atoms with Gasteiger partial charge in [0.1, 0.15) is 0 Å². The summed E-state index contributed by atoms with van der Waals surface area (Å²) in [6.45, 7) is 5.44. The molecule has 0 amide bonds. The van der Waals surface area contributed by atoms with Gasteiger partial charge >= 0.3 is 0 Å². The molecule has 0 aromatic carbocycles. The molecule has 1 N–H and O–H groups in total. The van der Waals surface area contributed by atoms with Crippen molar-refractivity contribution in [2.75, 3.05) is 0 Å². The van der Waals surface area contributed by atoms with Crippen molar-refractivity contribution in [3.05, 3.63) is 22.4 Å². The van der Waals surface area contributed by atoms with Crippen molar-refractivity contribution in [1.29, 1.82) is 0 Å². The lowest BCUT2D eigenvalue weighted by atomic mass is 10.2. The molecular weight excluding hydrogens is 154 g/mol. The van der Waals surface area contributed by atoms with Crippen LogP contribution < -0.4 is 5.32 Å². The lowest BCUT2D eigenvalue weighted by Gasteiger charge is -2.09. The molecule has 0 aliphatic carbocycles. The third kappa shape index (κ3) is 3.04. The van der Waals surface area contributed by atoms with E-state index < -0.39 is 0 Å². The highest BCUT2D eigenvalue weighted by atomic mass is 32.1. The van der Waals surface area contributed by atoms with Crippen LogP contribution >= 0.6 is 11.3 Å². The van der Waals surface area contributed by atoms with Gasteiger partial charge in [-0.3, -0.25) is 0 Å². The first-order valence-electron chi connectivity index (χ1n) is 4.08. The lowest BCUT2D eigenvalue weighted by Crippen LogP contribution is -2.23. The first-order chi connectivity index (χ1) is 5.33. The highest BCUT2D eigenvalue weighted by Gasteiger charge is 1.97. The quantitative estimate of drug-likeness (QED) is 0.730. The SMILES string of the molecule is CC[C@@H](C)NCc1cccs1. The van der Waals surface area contributed by atoms with Crippen LogP contribution in [0.15, 0.2) is 17.5 Å². The topological polar surface area (TPSA) is 12.0 Å². The summed E-state index contributed by atoms with van der Waals surface area (Å²) in [5, 5.41) is 5.56. The Labute approximate surface area is 72.4 Å². The molecule has 1 heterocycles. The number of nitrogens with one attached hydrogen (secondary N) is 1. The lowest BCUT2D eigenvalue weighted by molar-refractivity contribution is 0.537. The average Bonchev–Trinajstić information content (AvgIpc) is 2.52. The molecule has 2 heteroatoms. The van der Waals surface area contributed by atoms with Crippen molar-refractivity contribution in [1.82, 2.24) is 5.32 Å². The van der Waals surface area contributed by atoms with Gasteiger partial charge in [0.05, 0.1) is 0 Å². The average molecular weight is 169 g/mol. The number of hydrogen-bond donors (Lipinski definition) is 1. The number of thiophene rings is 1. The van der Waals surface area contributed by atoms with Crippen molar-refractivity contribution >= 4 is 11.3 Å². The van der Waals surface area contributed by atoms with E-state index in [0.29, 0.717) is 6.04 Å². The molecule has 0 unspecified atom stereocenters. The summed E-state index contributed by atoms with van der Waals surface area (Å²) in [6, 6.07) is 4.90. The summed E-state index contributed by atoms with van der Waals surface area (Å²) >= 11 is 1.81. The van der Waals surface area contributed by atoms with E-state index in [1.165, 1.54) is 11.3 Å². The molecule has 11 heavy (non-hydrogen) atoms. The Hall–Kier alpha value is -0.340. The van der Waals surface area contributed by atoms with E-state index in [4.69, 9.17) is 0 Å². The van der Waals surface area contributed by atoms with Gasteiger partial charge in [-0.2, -0.15) is 0 Å². The molecule has 1 aromatic heterocycles. The highest BCUT2D eigenvalue weighted by molar-refractivity contribution is 7.09. The zero-order chi connectivity index (χ0) is 8.10. The predicted octanol–water partition coefficient (Wildman–Crippen LogP) is 2.64. The fraction of sp³-hybridized carbons (Fsp3) is 0.556. The van der Waals surface area contributed by atoms with Crippen LogP contribution in [0.5, 0.6) is 0 Å². The Morgan fingerprint density at radius 1 is 1.64 bits per heavy atom. The molecule has 0 radical (unpaired) electrons. The molecule has 1 aromatic rings. The van der Waals surface area contributed by atoms with Gasteiger partial charge in [0, 0.05) is 17.5 Å². The van der Waals surface area contributed by atoms with Gasteiger partial charge in [-0.1, -0.05) is 13.0 Å². The van der Waals surface area contributed by atoms with Gasteiger partial charge in [0.15, 0.2) is 0 Å². The van der Waals surface area contributed by atoms with Gasteiger partial charge in [-0.05, 0) is 24.8 Å². The highest BCUT2D eigenvalue weighted by Crippen LogP contribution is 2.07. The van der Waals surface area contributed by atoms with Gasteiger partial charge in [0.2, 0.25) is 0 Å². The van der Waals surface area contributed by atoms with Crippen LogP contribution in [-0.2, 0) is 6.54 Å². The standard InChI is InChI=1S/C9H15NS/c1-3-8(2)10-7-9-5-4-6-11-9/h4-6,8,10H,3,7H2,1-2H3/t8-/m1/s1. The van der Waals surface area contributed by atoms with Gasteiger partial charge in [-0.25, -0.2) is 0 Å². The third-order valence-corrected chi connectivity index (χ3v) is 2.69. The molecular formula is C9H15NS. The first-order valence-corrected chi connectivity index (χ1v) is 4.96. The van der Waals surface area contributed by atoms with Crippen LogP contribution in [0.3, 0.4) is 0 Å². The molecule has 0 spiro atoms. The van der Waals surface area contributed by atoms with Crippen LogP contribution in [0.1, 0.15) is 25.1 Å². The molecule has 0 aliphatic heterocycles. The van der Waals surface area contributed by atoms with Crippen molar-refractivity contribution < 1.29 is 0 Å². The van der Waals surface area contributed by atoms with Crippen molar-refractivity contribution in [3.63, 3.8) is 0 Å². The van der Waals surface area contributed by atoms with E-state index in [1.54, 1.807) is 0 Å². The molecule has 1 nitrogen and oxygen atoms in total. The van der Waals surface area contributed by atoms with Gasteiger partial charge in [-0.15, -0.1) is 11.3 Å². The van der Waals surface area contributed by atoms with E-state index in [-0.39, 0.29) is 0 Å². The molecule has 1 rings (SSSR count). The van der Waals surface area contributed by atoms with Crippen LogP contribution in [0.2, 0.25) is 0 Å². The summed E-state index contributed by atoms with van der Waals surface area (Å²) in [6.07, 6.45) is 1.20. The molecule has 1 atom stereocenters. The Balaban J connectivity index is 2.23. The van der Waals surface area contributed by atoms with Crippen LogP contribution in [0, 0.1) is 0 Å². The molecule has 0 fully saturated rings. The predicted molar refractivity (Wildman–Crippen MR) is 50.9 cm³/mol. The normalized spacial score (nSPS) is 13.3. The fourth-order valence-corrected chi connectivity index (χ4v) is 1.49. The second-order valence-corrected chi connectivity index (χ2v) is 3.80. The largest absolute Gasteiger partial charge is 0.309 e. The maximum Gasteiger partial charge on any atom is 0.0302 e. The summed E-state index contributed by atoms with van der Waals surface area (Å²) in [5.74, 6) is 0. The Morgan fingerprint density at radius 3 is 3.00 bits per heavy atom. The van der Waals surface area contributed by atoms with E-state index in [2.05, 4.69) is 36.7 Å². The van der Waals surface area contributed by atoms with Crippen LogP contribution in [0.4, 0.5) is 0 Å². The summed E-state index contributed by atoms with van der Waals surface area (Å²) in [7, 11) is 0. The van der Waals surface area contributed by atoms with E-state index in [0.717, 1.165) is 6.54 Å². The Morgan fingerprint density at radius 2 is 2.45 bits per heavy atom. The Bertz CT molecular complexity index is 181. The zero-order valence-electron chi connectivity index (χ0n) is 7.13. The minimum absolute atomic E-state index is 0.636. The number of hydrogen-bond acceptors (Lipinski definition) is 2. The van der Waals surface area contributed by atoms with Crippen molar-refractivity contribution in [3.8, 4) is 0 Å². The minimum Gasteiger partial charge on any atom is -0.309 e. The fourth-order valence-electron chi connectivity index (χ4n) is 0.832. The Kier molecular flexibility index (Phi) is 3.60. The minimum atomic E-state index is 0.636. The molecule has 0 saturated carbocycles.